The molecule has 4 heterocycles. The Morgan fingerprint density at radius 2 is 1.86 bits per heavy atom. The number of carbonyl (C=O) groups is 1. The second-order valence-electron chi connectivity index (χ2n) is 7.11. The molecule has 0 radical (unpaired) electrons. The first-order valence-electron chi connectivity index (χ1n) is 9.57. The highest BCUT2D eigenvalue weighted by molar-refractivity contribution is 5.95. The molecule has 1 unspecified atom stereocenters. The van der Waals surface area contributed by atoms with Gasteiger partial charge in [-0.2, -0.15) is 0 Å². The van der Waals surface area contributed by atoms with Crippen molar-refractivity contribution in [2.24, 2.45) is 0 Å². The maximum atomic E-state index is 11.8. The van der Waals surface area contributed by atoms with Crippen molar-refractivity contribution < 1.29 is 9.90 Å². The molecule has 0 saturated carbocycles. The number of hydrogen-bond acceptors (Lipinski definition) is 5. The van der Waals surface area contributed by atoms with Crippen molar-refractivity contribution in [1.29, 1.82) is 0 Å². The lowest BCUT2D eigenvalue weighted by atomic mass is 10.1. The minimum atomic E-state index is -0.821. The number of nitrogens with zero attached hydrogens (tertiary/aromatic N) is 4. The molecule has 1 aromatic carbocycles. The zero-order valence-electron chi connectivity index (χ0n) is 15.6. The van der Waals surface area contributed by atoms with Gasteiger partial charge in [-0.25, -0.2) is 14.8 Å². The summed E-state index contributed by atoms with van der Waals surface area (Å²) < 4.78 is 0. The number of rotatable bonds is 4. The van der Waals surface area contributed by atoms with Crippen molar-refractivity contribution in [3.63, 3.8) is 0 Å². The Hall–Kier alpha value is -3.74. The fourth-order valence-electron chi connectivity index (χ4n) is 3.89. The van der Waals surface area contributed by atoms with Crippen molar-refractivity contribution in [3.8, 4) is 22.6 Å². The Morgan fingerprint density at radius 1 is 1.07 bits per heavy atom. The largest absolute Gasteiger partial charge is 0.480 e. The lowest BCUT2D eigenvalue weighted by molar-refractivity contribution is -0.138. The van der Waals surface area contributed by atoms with E-state index in [1.54, 1.807) is 12.4 Å². The molecule has 1 fully saturated rings. The summed E-state index contributed by atoms with van der Waals surface area (Å²) in [6.07, 6.45) is 4.83. The summed E-state index contributed by atoms with van der Waals surface area (Å²) in [4.78, 5) is 30.7. The number of carboxylic acid groups (broad SMARTS) is 1. The topological polar surface area (TPSA) is 95.0 Å². The third kappa shape index (κ3) is 3.10. The summed E-state index contributed by atoms with van der Waals surface area (Å²) in [5.74, 6) is 0.385. The van der Waals surface area contributed by atoms with Crippen LogP contribution in [0.4, 0.5) is 5.82 Å². The highest BCUT2D eigenvalue weighted by atomic mass is 16.4. The lowest BCUT2D eigenvalue weighted by Crippen LogP contribution is -2.36. The average molecular weight is 385 g/mol. The van der Waals surface area contributed by atoms with Gasteiger partial charge in [0.15, 0.2) is 5.82 Å². The van der Waals surface area contributed by atoms with Crippen molar-refractivity contribution in [2.45, 2.75) is 18.9 Å². The Labute approximate surface area is 167 Å². The lowest BCUT2D eigenvalue weighted by Gasteiger charge is -2.23. The van der Waals surface area contributed by atoms with Gasteiger partial charge in [0.05, 0.1) is 5.39 Å². The Kier molecular flexibility index (Phi) is 4.20. The Morgan fingerprint density at radius 3 is 2.62 bits per heavy atom. The summed E-state index contributed by atoms with van der Waals surface area (Å²) in [7, 11) is 0. The predicted molar refractivity (Wildman–Crippen MR) is 111 cm³/mol. The molecule has 1 atom stereocenters. The van der Waals surface area contributed by atoms with E-state index in [0.717, 1.165) is 28.6 Å². The molecular weight excluding hydrogens is 366 g/mol. The van der Waals surface area contributed by atoms with E-state index in [1.807, 2.05) is 53.4 Å². The van der Waals surface area contributed by atoms with Gasteiger partial charge >= 0.3 is 5.97 Å². The minimum Gasteiger partial charge on any atom is -0.480 e. The number of aromatic amines is 1. The molecular formula is C22H19N5O2. The van der Waals surface area contributed by atoms with Crippen LogP contribution >= 0.6 is 0 Å². The maximum absolute atomic E-state index is 11.8. The number of pyridine rings is 1. The highest BCUT2D eigenvalue weighted by Crippen LogP contribution is 2.34. The Balaban J connectivity index is 1.72. The standard InChI is InChI=1S/C22H19N5O2/c28-22(29)18-7-4-12-27(18)21-16-13-17(14-5-2-1-3-6-14)24-20(16)25-19(26-21)15-8-10-23-11-9-15/h1-3,5-6,8-11,13,18H,4,7,12H2,(H,28,29)(H,24,25,26). The van der Waals surface area contributed by atoms with Crippen LogP contribution < -0.4 is 4.90 Å². The van der Waals surface area contributed by atoms with Crippen LogP contribution in [-0.4, -0.2) is 43.6 Å². The molecule has 0 bridgehead atoms. The van der Waals surface area contributed by atoms with E-state index in [1.165, 1.54) is 0 Å². The monoisotopic (exact) mass is 385 g/mol. The van der Waals surface area contributed by atoms with Crippen LogP contribution in [0.5, 0.6) is 0 Å². The third-order valence-corrected chi connectivity index (χ3v) is 5.30. The van der Waals surface area contributed by atoms with Crippen LogP contribution in [0.3, 0.4) is 0 Å². The third-order valence-electron chi connectivity index (χ3n) is 5.30. The number of aliphatic carboxylic acids is 1. The van der Waals surface area contributed by atoms with Crippen LogP contribution in [0.25, 0.3) is 33.7 Å². The number of carboxylic acids is 1. The van der Waals surface area contributed by atoms with Gasteiger partial charge in [0.1, 0.15) is 17.5 Å². The average Bonchev–Trinajstić information content (AvgIpc) is 3.41. The molecule has 0 aliphatic carbocycles. The van der Waals surface area contributed by atoms with Crippen LogP contribution in [-0.2, 0) is 4.79 Å². The highest BCUT2D eigenvalue weighted by Gasteiger charge is 2.33. The molecule has 1 aliphatic heterocycles. The molecule has 0 amide bonds. The fraction of sp³-hybridized carbons (Fsp3) is 0.182. The van der Waals surface area contributed by atoms with E-state index in [4.69, 9.17) is 9.97 Å². The Bertz CT molecular complexity index is 1170. The summed E-state index contributed by atoms with van der Waals surface area (Å²) in [6.45, 7) is 0.657. The number of anilines is 1. The molecule has 5 rings (SSSR count). The molecule has 7 heteroatoms. The van der Waals surface area contributed by atoms with Gasteiger partial charge in [0.2, 0.25) is 0 Å². The number of fused-ring (bicyclic) bond motifs is 1. The second kappa shape index (κ2) is 7.01. The van der Waals surface area contributed by atoms with Crippen LogP contribution in [0.2, 0.25) is 0 Å². The molecule has 7 nitrogen and oxygen atoms in total. The first-order valence-corrected chi connectivity index (χ1v) is 9.57. The zero-order valence-corrected chi connectivity index (χ0v) is 15.6. The van der Waals surface area contributed by atoms with Crippen molar-refractivity contribution >= 4 is 22.8 Å². The molecule has 0 spiro atoms. The van der Waals surface area contributed by atoms with Gasteiger partial charge in [0.25, 0.3) is 0 Å². The minimum absolute atomic E-state index is 0.549. The van der Waals surface area contributed by atoms with E-state index >= 15 is 0 Å². The predicted octanol–water partition coefficient (Wildman–Crippen LogP) is 3.74. The number of hydrogen-bond donors (Lipinski definition) is 2. The van der Waals surface area contributed by atoms with E-state index in [0.29, 0.717) is 30.3 Å². The summed E-state index contributed by atoms with van der Waals surface area (Å²) in [5.41, 5.74) is 3.49. The molecule has 2 N–H and O–H groups in total. The molecule has 144 valence electrons. The van der Waals surface area contributed by atoms with Crippen LogP contribution in [0.1, 0.15) is 12.8 Å². The SMILES string of the molecule is O=C(O)C1CCCN1c1nc(-c2ccncc2)nc2[nH]c(-c3ccccc3)cc12. The summed E-state index contributed by atoms with van der Waals surface area (Å²) in [6, 6.07) is 15.1. The van der Waals surface area contributed by atoms with Crippen LogP contribution in [0.15, 0.2) is 60.9 Å². The first kappa shape index (κ1) is 17.4. The number of benzene rings is 1. The zero-order chi connectivity index (χ0) is 19.8. The van der Waals surface area contributed by atoms with E-state index < -0.39 is 12.0 Å². The first-order chi connectivity index (χ1) is 14.2. The number of aromatic nitrogens is 4. The van der Waals surface area contributed by atoms with Crippen molar-refractivity contribution in [1.82, 2.24) is 19.9 Å². The molecule has 3 aromatic heterocycles. The molecule has 4 aromatic rings. The van der Waals surface area contributed by atoms with Crippen molar-refractivity contribution in [2.75, 3.05) is 11.4 Å². The van der Waals surface area contributed by atoms with Gasteiger partial charge in [-0.1, -0.05) is 30.3 Å². The van der Waals surface area contributed by atoms with E-state index in [9.17, 15) is 9.90 Å². The van der Waals surface area contributed by atoms with Gasteiger partial charge < -0.3 is 15.0 Å². The molecule has 1 saturated heterocycles. The molecule has 1 aliphatic rings. The molecule has 29 heavy (non-hydrogen) atoms. The number of H-pyrrole nitrogens is 1. The van der Waals surface area contributed by atoms with Crippen LogP contribution in [0, 0.1) is 0 Å². The summed E-state index contributed by atoms with van der Waals surface area (Å²) in [5, 5.41) is 10.5. The fourth-order valence-corrected chi connectivity index (χ4v) is 3.89. The van der Waals surface area contributed by atoms with E-state index in [2.05, 4.69) is 9.97 Å². The van der Waals surface area contributed by atoms with E-state index in [-0.39, 0.29) is 0 Å². The second-order valence-corrected chi connectivity index (χ2v) is 7.11. The number of nitrogens with one attached hydrogen (secondary N) is 1. The smallest absolute Gasteiger partial charge is 0.326 e. The van der Waals surface area contributed by atoms with Gasteiger partial charge in [-0.3, -0.25) is 4.98 Å². The van der Waals surface area contributed by atoms with Crippen molar-refractivity contribution in [3.05, 3.63) is 60.9 Å². The van der Waals surface area contributed by atoms with Gasteiger partial charge in [-0.05, 0) is 36.6 Å². The normalized spacial score (nSPS) is 16.4. The summed E-state index contributed by atoms with van der Waals surface area (Å²) >= 11 is 0. The quantitative estimate of drug-likeness (QED) is 0.556. The maximum Gasteiger partial charge on any atom is 0.326 e. The van der Waals surface area contributed by atoms with Gasteiger partial charge in [0, 0.05) is 30.2 Å². The van der Waals surface area contributed by atoms with Gasteiger partial charge in [-0.15, -0.1) is 0 Å².